The van der Waals surface area contributed by atoms with Crippen LogP contribution in [0.2, 0.25) is 0 Å². The highest BCUT2D eigenvalue weighted by molar-refractivity contribution is 5.10. The van der Waals surface area contributed by atoms with Crippen LogP contribution in [0.1, 0.15) is 25.7 Å². The maximum absolute atomic E-state index is 12.8. The Morgan fingerprint density at radius 1 is 1.50 bits per heavy atom. The molecule has 0 aromatic heterocycles. The summed E-state index contributed by atoms with van der Waals surface area (Å²) in [6, 6.07) is 0. The van der Waals surface area contributed by atoms with Gasteiger partial charge in [-0.2, -0.15) is 8.78 Å². The highest BCUT2D eigenvalue weighted by Gasteiger charge is 2.30. The van der Waals surface area contributed by atoms with Gasteiger partial charge in [-0.05, 0) is 18.8 Å². The number of ether oxygens (including phenoxy) is 1. The standard InChI is InChI=1S/C9H12F2O/c1-12-8-5-3-2-4-6-9(10,11)7-8/h8H,2-3,5,7H2,1H3. The molecule has 1 aliphatic rings. The van der Waals surface area contributed by atoms with Crippen LogP contribution in [0.25, 0.3) is 0 Å². The summed E-state index contributed by atoms with van der Waals surface area (Å²) in [5.41, 5.74) is 0. The van der Waals surface area contributed by atoms with Gasteiger partial charge in [-0.15, -0.1) is 0 Å². The van der Waals surface area contributed by atoms with Crippen molar-refractivity contribution in [3.63, 3.8) is 0 Å². The molecule has 1 rings (SSSR count). The van der Waals surface area contributed by atoms with E-state index in [1.54, 1.807) is 0 Å². The molecule has 0 bridgehead atoms. The van der Waals surface area contributed by atoms with Gasteiger partial charge in [0.05, 0.1) is 6.10 Å². The molecule has 0 fully saturated rings. The van der Waals surface area contributed by atoms with Gasteiger partial charge in [0.25, 0.3) is 0 Å². The third-order valence-electron chi connectivity index (χ3n) is 1.92. The highest BCUT2D eigenvalue weighted by Crippen LogP contribution is 2.24. The topological polar surface area (TPSA) is 9.23 Å². The van der Waals surface area contributed by atoms with E-state index in [-0.39, 0.29) is 12.5 Å². The third kappa shape index (κ3) is 2.78. The maximum Gasteiger partial charge on any atom is 0.310 e. The number of rotatable bonds is 1. The summed E-state index contributed by atoms with van der Waals surface area (Å²) in [6.07, 6.45) is 1.48. The lowest BCUT2D eigenvalue weighted by molar-refractivity contribution is -0.0161. The average Bonchev–Trinajstić information content (AvgIpc) is 1.97. The van der Waals surface area contributed by atoms with Crippen LogP contribution in [-0.4, -0.2) is 19.1 Å². The van der Waals surface area contributed by atoms with Gasteiger partial charge in [0, 0.05) is 20.0 Å². The summed E-state index contributed by atoms with van der Waals surface area (Å²) < 4.78 is 30.6. The third-order valence-corrected chi connectivity index (χ3v) is 1.92. The summed E-state index contributed by atoms with van der Waals surface area (Å²) in [7, 11) is 1.47. The summed E-state index contributed by atoms with van der Waals surface area (Å²) in [6.45, 7) is 0. The predicted octanol–water partition coefficient (Wildman–Crippen LogP) is 2.21. The Balaban J connectivity index is 2.63. The molecule has 0 spiro atoms. The molecule has 0 aromatic carbocycles. The molecule has 12 heavy (non-hydrogen) atoms. The molecule has 0 saturated heterocycles. The van der Waals surface area contributed by atoms with E-state index in [4.69, 9.17) is 4.74 Å². The number of methoxy groups -OCH3 is 1. The van der Waals surface area contributed by atoms with E-state index in [9.17, 15) is 8.78 Å². The fourth-order valence-electron chi connectivity index (χ4n) is 1.25. The highest BCUT2D eigenvalue weighted by atomic mass is 19.3. The van der Waals surface area contributed by atoms with Crippen molar-refractivity contribution in [1.29, 1.82) is 0 Å². The van der Waals surface area contributed by atoms with Crippen molar-refractivity contribution in [3.8, 4) is 11.8 Å². The van der Waals surface area contributed by atoms with Crippen molar-refractivity contribution >= 4 is 0 Å². The molecule has 1 atom stereocenters. The van der Waals surface area contributed by atoms with E-state index in [2.05, 4.69) is 5.92 Å². The van der Waals surface area contributed by atoms with Crippen molar-refractivity contribution < 1.29 is 13.5 Å². The Labute approximate surface area is 71.1 Å². The molecule has 0 amide bonds. The van der Waals surface area contributed by atoms with Crippen LogP contribution in [0.4, 0.5) is 8.78 Å². The lowest BCUT2D eigenvalue weighted by Crippen LogP contribution is -2.25. The number of hydrogen-bond donors (Lipinski definition) is 0. The van der Waals surface area contributed by atoms with Gasteiger partial charge in [-0.3, -0.25) is 0 Å². The second-order valence-corrected chi connectivity index (χ2v) is 2.96. The molecule has 1 unspecified atom stereocenters. The van der Waals surface area contributed by atoms with Gasteiger partial charge in [0.2, 0.25) is 0 Å². The van der Waals surface area contributed by atoms with Crippen LogP contribution in [-0.2, 0) is 4.74 Å². The quantitative estimate of drug-likeness (QED) is 0.554. The second-order valence-electron chi connectivity index (χ2n) is 2.96. The Morgan fingerprint density at radius 2 is 2.25 bits per heavy atom. The molecular weight excluding hydrogens is 162 g/mol. The molecule has 0 aliphatic heterocycles. The normalized spacial score (nSPS) is 28.1. The van der Waals surface area contributed by atoms with Crippen LogP contribution in [0.15, 0.2) is 0 Å². The van der Waals surface area contributed by atoms with Crippen LogP contribution in [0.5, 0.6) is 0 Å². The van der Waals surface area contributed by atoms with E-state index in [0.717, 1.165) is 6.42 Å². The summed E-state index contributed by atoms with van der Waals surface area (Å²) in [5.74, 6) is 1.57. The lowest BCUT2D eigenvalue weighted by Gasteiger charge is -2.19. The molecule has 1 nitrogen and oxygen atoms in total. The minimum atomic E-state index is -2.86. The molecule has 0 heterocycles. The van der Waals surface area contributed by atoms with Crippen molar-refractivity contribution in [2.45, 2.75) is 37.7 Å². The smallest absolute Gasteiger partial charge is 0.310 e. The van der Waals surface area contributed by atoms with E-state index in [0.29, 0.717) is 12.8 Å². The molecule has 0 saturated carbocycles. The maximum atomic E-state index is 12.8. The van der Waals surface area contributed by atoms with E-state index >= 15 is 0 Å². The van der Waals surface area contributed by atoms with Crippen molar-refractivity contribution in [2.75, 3.05) is 7.11 Å². The molecule has 3 heteroatoms. The van der Waals surface area contributed by atoms with E-state index < -0.39 is 5.92 Å². The van der Waals surface area contributed by atoms with Crippen LogP contribution in [0, 0.1) is 11.8 Å². The first-order valence-electron chi connectivity index (χ1n) is 4.05. The Hall–Kier alpha value is -0.620. The predicted molar refractivity (Wildman–Crippen MR) is 42.0 cm³/mol. The van der Waals surface area contributed by atoms with Gasteiger partial charge in [0.1, 0.15) is 0 Å². The van der Waals surface area contributed by atoms with Gasteiger partial charge in [-0.1, -0.05) is 5.92 Å². The van der Waals surface area contributed by atoms with Crippen LogP contribution in [0.3, 0.4) is 0 Å². The van der Waals surface area contributed by atoms with Crippen LogP contribution >= 0.6 is 0 Å². The van der Waals surface area contributed by atoms with Gasteiger partial charge in [-0.25, -0.2) is 0 Å². The number of alkyl halides is 2. The molecular formula is C9H12F2O. The first-order valence-corrected chi connectivity index (χ1v) is 4.05. The zero-order valence-corrected chi connectivity index (χ0v) is 7.07. The minimum Gasteiger partial charge on any atom is -0.381 e. The zero-order valence-electron chi connectivity index (χ0n) is 7.07. The van der Waals surface area contributed by atoms with Gasteiger partial charge >= 0.3 is 5.92 Å². The van der Waals surface area contributed by atoms with Gasteiger partial charge < -0.3 is 4.74 Å². The Morgan fingerprint density at radius 3 is 2.92 bits per heavy atom. The largest absolute Gasteiger partial charge is 0.381 e. The fraction of sp³-hybridized carbons (Fsp3) is 0.778. The van der Waals surface area contributed by atoms with Crippen molar-refractivity contribution in [1.82, 2.24) is 0 Å². The molecule has 0 radical (unpaired) electrons. The monoisotopic (exact) mass is 174 g/mol. The Bertz CT molecular complexity index is 202. The summed E-state index contributed by atoms with van der Waals surface area (Å²) >= 11 is 0. The summed E-state index contributed by atoms with van der Waals surface area (Å²) in [5, 5.41) is 0. The Kier molecular flexibility index (Phi) is 3.05. The number of halogens is 2. The molecule has 0 aromatic rings. The van der Waals surface area contributed by atoms with Crippen molar-refractivity contribution in [2.24, 2.45) is 0 Å². The lowest BCUT2D eigenvalue weighted by atomic mass is 10.0. The number of hydrogen-bond acceptors (Lipinski definition) is 1. The zero-order chi connectivity index (χ0) is 9.03. The van der Waals surface area contributed by atoms with E-state index in [1.807, 2.05) is 5.92 Å². The molecule has 68 valence electrons. The summed E-state index contributed by atoms with van der Waals surface area (Å²) in [4.78, 5) is 0. The fourth-order valence-corrected chi connectivity index (χ4v) is 1.25. The van der Waals surface area contributed by atoms with Crippen molar-refractivity contribution in [3.05, 3.63) is 0 Å². The first kappa shape index (κ1) is 9.47. The van der Waals surface area contributed by atoms with Crippen LogP contribution < -0.4 is 0 Å². The SMILES string of the molecule is COC1CCCC#CC(F)(F)C1. The minimum absolute atomic E-state index is 0.267. The molecule has 0 N–H and O–H groups in total. The van der Waals surface area contributed by atoms with Gasteiger partial charge in [0.15, 0.2) is 0 Å². The van der Waals surface area contributed by atoms with E-state index in [1.165, 1.54) is 7.11 Å². The molecule has 1 aliphatic carbocycles. The second kappa shape index (κ2) is 3.86. The first-order chi connectivity index (χ1) is 5.64. The average molecular weight is 174 g/mol.